The van der Waals surface area contributed by atoms with Gasteiger partial charge in [-0.3, -0.25) is 9.59 Å². The molecule has 0 aromatic rings. The molecule has 1 amide bonds. The maximum absolute atomic E-state index is 12.7. The minimum Gasteiger partial charge on any atom is -0.339 e. The molecule has 3 heteroatoms. The fraction of sp³-hybridized carbons (Fsp3) is 0.889. The summed E-state index contributed by atoms with van der Waals surface area (Å²) in [5.74, 6) is 1.51. The molecule has 0 aromatic carbocycles. The van der Waals surface area contributed by atoms with E-state index in [4.69, 9.17) is 0 Å². The number of hydrogen-bond donors (Lipinski definition) is 0. The molecule has 118 valence electrons. The van der Waals surface area contributed by atoms with Crippen molar-refractivity contribution in [2.75, 3.05) is 6.54 Å². The zero-order chi connectivity index (χ0) is 14.7. The normalized spacial score (nSPS) is 31.6. The summed E-state index contributed by atoms with van der Waals surface area (Å²) in [5.41, 5.74) is 0. The molecule has 1 saturated heterocycles. The lowest BCUT2D eigenvalue weighted by Crippen LogP contribution is -2.44. The van der Waals surface area contributed by atoms with Gasteiger partial charge in [-0.2, -0.15) is 0 Å². The van der Waals surface area contributed by atoms with Gasteiger partial charge in [0.1, 0.15) is 5.78 Å². The van der Waals surface area contributed by atoms with E-state index in [1.807, 2.05) is 0 Å². The highest BCUT2D eigenvalue weighted by molar-refractivity contribution is 5.84. The smallest absolute Gasteiger partial charge is 0.223 e. The zero-order valence-corrected chi connectivity index (χ0v) is 13.2. The average molecular weight is 291 g/mol. The lowest BCUT2D eigenvalue weighted by atomic mass is 9.81. The van der Waals surface area contributed by atoms with Gasteiger partial charge in [-0.15, -0.1) is 0 Å². The molecule has 3 aliphatic rings. The van der Waals surface area contributed by atoms with Crippen molar-refractivity contribution < 1.29 is 9.59 Å². The summed E-state index contributed by atoms with van der Waals surface area (Å²) in [5, 5.41) is 0. The van der Waals surface area contributed by atoms with E-state index >= 15 is 0 Å². The lowest BCUT2D eigenvalue weighted by molar-refractivity contribution is -0.136. The fourth-order valence-electron chi connectivity index (χ4n) is 4.69. The van der Waals surface area contributed by atoms with Gasteiger partial charge in [0.15, 0.2) is 0 Å². The van der Waals surface area contributed by atoms with Crippen molar-refractivity contribution in [3.05, 3.63) is 0 Å². The molecule has 2 saturated carbocycles. The predicted molar refractivity (Wildman–Crippen MR) is 82.9 cm³/mol. The van der Waals surface area contributed by atoms with Crippen LogP contribution in [-0.2, 0) is 9.59 Å². The average Bonchev–Trinajstić information content (AvgIpc) is 2.98. The summed E-state index contributed by atoms with van der Waals surface area (Å²) in [6.07, 6.45) is 13.2. The molecule has 3 rings (SSSR count). The molecule has 3 nitrogen and oxygen atoms in total. The van der Waals surface area contributed by atoms with Crippen molar-refractivity contribution in [3.8, 4) is 0 Å². The molecule has 0 N–H and O–H groups in total. The van der Waals surface area contributed by atoms with Crippen LogP contribution < -0.4 is 0 Å². The van der Waals surface area contributed by atoms with Crippen LogP contribution >= 0.6 is 0 Å². The Morgan fingerprint density at radius 1 is 0.952 bits per heavy atom. The van der Waals surface area contributed by atoms with Crippen LogP contribution in [0.2, 0.25) is 0 Å². The highest BCUT2D eigenvalue weighted by Gasteiger charge is 2.39. The fourth-order valence-corrected chi connectivity index (χ4v) is 4.69. The van der Waals surface area contributed by atoms with Gasteiger partial charge in [-0.25, -0.2) is 0 Å². The first-order valence-electron chi connectivity index (χ1n) is 9.08. The second-order valence-corrected chi connectivity index (χ2v) is 7.32. The molecule has 1 heterocycles. The number of Topliss-reactive ketones (excluding diaryl/α,β-unsaturated/α-hetero) is 1. The van der Waals surface area contributed by atoms with Crippen molar-refractivity contribution in [2.45, 2.75) is 83.1 Å². The molecule has 21 heavy (non-hydrogen) atoms. The molecular formula is C18H29NO2. The Hall–Kier alpha value is -0.860. The first-order valence-corrected chi connectivity index (χ1v) is 9.08. The number of amides is 1. The quantitative estimate of drug-likeness (QED) is 0.795. The minimum absolute atomic E-state index is 0.150. The van der Waals surface area contributed by atoms with Gasteiger partial charge in [0, 0.05) is 31.3 Å². The second-order valence-electron chi connectivity index (χ2n) is 7.32. The Bertz CT molecular complexity index is 387. The third kappa shape index (κ3) is 3.49. The Labute approximate surface area is 128 Å². The van der Waals surface area contributed by atoms with Crippen LogP contribution in [0.5, 0.6) is 0 Å². The molecule has 3 fully saturated rings. The number of ketones is 1. The number of nitrogens with zero attached hydrogens (tertiary/aromatic N) is 1. The van der Waals surface area contributed by atoms with Crippen LogP contribution in [0, 0.1) is 11.8 Å². The number of carbonyl (C=O) groups is 2. The Kier molecular flexibility index (Phi) is 4.97. The molecule has 0 radical (unpaired) electrons. The van der Waals surface area contributed by atoms with Crippen LogP contribution in [-0.4, -0.2) is 29.2 Å². The van der Waals surface area contributed by atoms with E-state index in [-0.39, 0.29) is 12.0 Å². The van der Waals surface area contributed by atoms with Gasteiger partial charge in [0.2, 0.25) is 5.91 Å². The van der Waals surface area contributed by atoms with Gasteiger partial charge in [0.05, 0.1) is 0 Å². The monoisotopic (exact) mass is 291 g/mol. The van der Waals surface area contributed by atoms with Crippen molar-refractivity contribution in [2.24, 2.45) is 11.8 Å². The highest BCUT2D eigenvalue weighted by atomic mass is 16.2. The van der Waals surface area contributed by atoms with Crippen molar-refractivity contribution in [1.82, 2.24) is 4.90 Å². The lowest BCUT2D eigenvalue weighted by Gasteiger charge is -2.34. The number of likely N-dealkylation sites (tertiary alicyclic amines) is 1. The standard InChI is InChI=1S/C18H29NO2/c20-17-11-5-4-9-15(17)16-10-6-12-19(16)18(21)13-14-7-2-1-3-8-14/h14-16H,1-13H2. The summed E-state index contributed by atoms with van der Waals surface area (Å²) in [7, 11) is 0. The highest BCUT2D eigenvalue weighted by Crippen LogP contribution is 2.34. The molecule has 0 spiro atoms. The summed E-state index contributed by atoms with van der Waals surface area (Å²) in [6.45, 7) is 0.889. The first kappa shape index (κ1) is 15.1. The van der Waals surface area contributed by atoms with E-state index in [2.05, 4.69) is 4.90 Å². The Balaban J connectivity index is 1.60. The number of rotatable bonds is 3. The summed E-state index contributed by atoms with van der Waals surface area (Å²) in [6, 6.07) is 0.230. The third-order valence-corrected chi connectivity index (χ3v) is 5.87. The SMILES string of the molecule is O=C1CCCCC1C1CCCN1C(=O)CC1CCCCC1. The summed E-state index contributed by atoms with van der Waals surface area (Å²) >= 11 is 0. The largest absolute Gasteiger partial charge is 0.339 e. The Morgan fingerprint density at radius 2 is 1.71 bits per heavy atom. The number of hydrogen-bond acceptors (Lipinski definition) is 2. The molecule has 2 unspecified atom stereocenters. The molecular weight excluding hydrogens is 262 g/mol. The molecule has 1 aliphatic heterocycles. The summed E-state index contributed by atoms with van der Waals surface area (Å²) < 4.78 is 0. The zero-order valence-electron chi connectivity index (χ0n) is 13.2. The maximum Gasteiger partial charge on any atom is 0.223 e. The van der Waals surface area contributed by atoms with E-state index in [0.717, 1.165) is 51.5 Å². The van der Waals surface area contributed by atoms with E-state index in [9.17, 15) is 9.59 Å². The number of carbonyl (C=O) groups excluding carboxylic acids is 2. The van der Waals surface area contributed by atoms with Crippen LogP contribution in [0.25, 0.3) is 0 Å². The minimum atomic E-state index is 0.150. The van der Waals surface area contributed by atoms with Crippen LogP contribution in [0.3, 0.4) is 0 Å². The Morgan fingerprint density at radius 3 is 2.48 bits per heavy atom. The van der Waals surface area contributed by atoms with Crippen LogP contribution in [0.4, 0.5) is 0 Å². The third-order valence-electron chi connectivity index (χ3n) is 5.87. The van der Waals surface area contributed by atoms with E-state index in [1.165, 1.54) is 32.1 Å². The topological polar surface area (TPSA) is 37.4 Å². The molecule has 0 bridgehead atoms. The molecule has 2 atom stereocenters. The van der Waals surface area contributed by atoms with Gasteiger partial charge < -0.3 is 4.90 Å². The van der Waals surface area contributed by atoms with Crippen molar-refractivity contribution >= 4 is 11.7 Å². The molecule has 2 aliphatic carbocycles. The first-order chi connectivity index (χ1) is 10.3. The van der Waals surface area contributed by atoms with Gasteiger partial charge in [-0.05, 0) is 44.4 Å². The van der Waals surface area contributed by atoms with Gasteiger partial charge in [-0.1, -0.05) is 25.7 Å². The second kappa shape index (κ2) is 6.93. The van der Waals surface area contributed by atoms with Gasteiger partial charge >= 0.3 is 0 Å². The van der Waals surface area contributed by atoms with Crippen LogP contribution in [0.1, 0.15) is 77.0 Å². The van der Waals surface area contributed by atoms with E-state index in [1.54, 1.807) is 0 Å². The van der Waals surface area contributed by atoms with E-state index < -0.39 is 0 Å². The maximum atomic E-state index is 12.7. The van der Waals surface area contributed by atoms with Gasteiger partial charge in [0.25, 0.3) is 0 Å². The van der Waals surface area contributed by atoms with Crippen molar-refractivity contribution in [1.29, 1.82) is 0 Å². The summed E-state index contributed by atoms with van der Waals surface area (Å²) in [4.78, 5) is 27.0. The predicted octanol–water partition coefficient (Wildman–Crippen LogP) is 3.71. The van der Waals surface area contributed by atoms with Crippen LogP contribution in [0.15, 0.2) is 0 Å². The van der Waals surface area contributed by atoms with E-state index in [0.29, 0.717) is 17.6 Å². The van der Waals surface area contributed by atoms with Crippen molar-refractivity contribution in [3.63, 3.8) is 0 Å². The molecule has 0 aromatic heterocycles.